The highest BCUT2D eigenvalue weighted by Crippen LogP contribution is 2.09. The van der Waals surface area contributed by atoms with Gasteiger partial charge in [-0.25, -0.2) is 0 Å². The average Bonchev–Trinajstić information content (AvgIpc) is 2.93. The lowest BCUT2D eigenvalue weighted by Crippen LogP contribution is -2.31. The van der Waals surface area contributed by atoms with E-state index in [-0.39, 0.29) is 11.5 Å². The number of hydrogen-bond acceptors (Lipinski definition) is 3. The largest absolute Gasteiger partial charge is 0.467 e. The van der Waals surface area contributed by atoms with Gasteiger partial charge in [0.15, 0.2) is 0 Å². The van der Waals surface area contributed by atoms with Crippen LogP contribution >= 0.6 is 0 Å². The average molecular weight is 272 g/mol. The fourth-order valence-corrected chi connectivity index (χ4v) is 1.87. The molecule has 1 amide bonds. The summed E-state index contributed by atoms with van der Waals surface area (Å²) in [5.41, 5.74) is 0.309. The molecule has 0 aromatic carbocycles. The second-order valence-electron chi connectivity index (χ2n) is 4.42. The van der Waals surface area contributed by atoms with Gasteiger partial charge >= 0.3 is 0 Å². The van der Waals surface area contributed by atoms with Crippen molar-refractivity contribution in [1.29, 1.82) is 0 Å². The highest BCUT2D eigenvalue weighted by atomic mass is 16.3. The zero-order chi connectivity index (χ0) is 14.5. The van der Waals surface area contributed by atoms with Gasteiger partial charge in [-0.05, 0) is 18.2 Å². The van der Waals surface area contributed by atoms with Crippen molar-refractivity contribution in [3.63, 3.8) is 0 Å². The number of furan rings is 1. The van der Waals surface area contributed by atoms with Crippen LogP contribution in [0.25, 0.3) is 0 Å². The first-order valence-corrected chi connectivity index (χ1v) is 6.21. The first-order chi connectivity index (χ1) is 9.61. The highest BCUT2D eigenvalue weighted by Gasteiger charge is 2.16. The van der Waals surface area contributed by atoms with E-state index in [0.29, 0.717) is 24.4 Å². The van der Waals surface area contributed by atoms with Gasteiger partial charge in [0.1, 0.15) is 5.76 Å². The molecule has 0 fully saturated rings. The Morgan fingerprint density at radius 3 is 2.85 bits per heavy atom. The van der Waals surface area contributed by atoms with E-state index in [4.69, 9.17) is 4.42 Å². The van der Waals surface area contributed by atoms with Crippen molar-refractivity contribution in [2.45, 2.75) is 6.54 Å². The standard InChI is InChI=1S/C15H16N2O3/c1-3-8-17(11-13-5-4-9-20-13)15(19)12-6-7-14(18)16(2)10-12/h3-7,9-10H,1,8,11H2,2H3. The maximum absolute atomic E-state index is 12.4. The minimum atomic E-state index is -0.170. The maximum atomic E-state index is 12.4. The second kappa shape index (κ2) is 6.06. The van der Waals surface area contributed by atoms with E-state index >= 15 is 0 Å². The lowest BCUT2D eigenvalue weighted by molar-refractivity contribution is 0.0751. The predicted octanol–water partition coefficient (Wildman–Crippen LogP) is 1.81. The fraction of sp³-hybridized carbons (Fsp3) is 0.200. The number of aromatic nitrogens is 1. The van der Waals surface area contributed by atoms with Crippen molar-refractivity contribution in [2.24, 2.45) is 7.05 Å². The lowest BCUT2D eigenvalue weighted by atomic mass is 10.2. The Bertz CT molecular complexity index is 656. The van der Waals surface area contributed by atoms with Gasteiger partial charge in [-0.3, -0.25) is 9.59 Å². The highest BCUT2D eigenvalue weighted by molar-refractivity contribution is 5.93. The van der Waals surface area contributed by atoms with E-state index in [2.05, 4.69) is 6.58 Å². The molecule has 0 saturated carbocycles. The zero-order valence-electron chi connectivity index (χ0n) is 11.3. The van der Waals surface area contributed by atoms with E-state index in [1.54, 1.807) is 30.4 Å². The monoisotopic (exact) mass is 272 g/mol. The molecule has 0 aliphatic heterocycles. The smallest absolute Gasteiger partial charge is 0.256 e. The van der Waals surface area contributed by atoms with Crippen molar-refractivity contribution in [3.8, 4) is 0 Å². The van der Waals surface area contributed by atoms with Crippen LogP contribution in [0.2, 0.25) is 0 Å². The first kappa shape index (κ1) is 13.9. The normalized spacial score (nSPS) is 10.2. The van der Waals surface area contributed by atoms with Crippen LogP contribution in [0.15, 0.2) is 58.6 Å². The summed E-state index contributed by atoms with van der Waals surface area (Å²) >= 11 is 0. The van der Waals surface area contributed by atoms with Crippen molar-refractivity contribution in [1.82, 2.24) is 9.47 Å². The topological polar surface area (TPSA) is 55.5 Å². The molecule has 2 aromatic heterocycles. The molecule has 5 heteroatoms. The molecule has 20 heavy (non-hydrogen) atoms. The maximum Gasteiger partial charge on any atom is 0.256 e. The predicted molar refractivity (Wildman–Crippen MR) is 75.3 cm³/mol. The van der Waals surface area contributed by atoms with Crippen molar-refractivity contribution >= 4 is 5.91 Å². The molecule has 0 aliphatic rings. The molecule has 0 aliphatic carbocycles. The summed E-state index contributed by atoms with van der Waals surface area (Å²) in [7, 11) is 1.61. The van der Waals surface area contributed by atoms with E-state index in [0.717, 1.165) is 0 Å². The molecule has 0 unspecified atom stereocenters. The van der Waals surface area contributed by atoms with Crippen molar-refractivity contribution in [3.05, 3.63) is 71.1 Å². The third-order valence-corrected chi connectivity index (χ3v) is 2.90. The third kappa shape index (κ3) is 3.06. The molecule has 0 radical (unpaired) electrons. The molecule has 0 saturated heterocycles. The van der Waals surface area contributed by atoms with Gasteiger partial charge in [0.25, 0.3) is 5.91 Å². The molecule has 5 nitrogen and oxygen atoms in total. The zero-order valence-corrected chi connectivity index (χ0v) is 11.3. The van der Waals surface area contributed by atoms with Crippen LogP contribution in [0.5, 0.6) is 0 Å². The van der Waals surface area contributed by atoms with Gasteiger partial charge in [-0.15, -0.1) is 6.58 Å². The lowest BCUT2D eigenvalue weighted by Gasteiger charge is -2.20. The molecular weight excluding hydrogens is 256 g/mol. The Morgan fingerprint density at radius 1 is 1.45 bits per heavy atom. The molecule has 0 atom stereocenters. The summed E-state index contributed by atoms with van der Waals surface area (Å²) in [4.78, 5) is 25.4. The molecule has 2 heterocycles. The molecule has 2 rings (SSSR count). The van der Waals surface area contributed by atoms with Gasteiger partial charge < -0.3 is 13.9 Å². The second-order valence-corrected chi connectivity index (χ2v) is 4.42. The summed E-state index contributed by atoms with van der Waals surface area (Å²) in [6.07, 6.45) is 4.75. The summed E-state index contributed by atoms with van der Waals surface area (Å²) < 4.78 is 6.64. The SMILES string of the molecule is C=CCN(Cc1ccco1)C(=O)c1ccc(=O)n(C)c1. The minimum absolute atomic E-state index is 0.150. The van der Waals surface area contributed by atoms with Crippen molar-refractivity contribution < 1.29 is 9.21 Å². The number of aryl methyl sites for hydroxylation is 1. The fourth-order valence-electron chi connectivity index (χ4n) is 1.87. The number of pyridine rings is 1. The van der Waals surface area contributed by atoms with Gasteiger partial charge in [0, 0.05) is 25.9 Å². The summed E-state index contributed by atoms with van der Waals surface area (Å²) in [6.45, 7) is 4.42. The number of amides is 1. The molecule has 104 valence electrons. The van der Waals surface area contributed by atoms with E-state index in [1.807, 2.05) is 6.07 Å². The van der Waals surface area contributed by atoms with Crippen LogP contribution in [0.4, 0.5) is 0 Å². The molecule has 0 bridgehead atoms. The van der Waals surface area contributed by atoms with Crippen LogP contribution in [-0.4, -0.2) is 21.9 Å². The van der Waals surface area contributed by atoms with Crippen LogP contribution in [-0.2, 0) is 13.6 Å². The number of carbonyl (C=O) groups is 1. The quantitative estimate of drug-likeness (QED) is 0.780. The van der Waals surface area contributed by atoms with E-state index in [1.165, 1.54) is 22.9 Å². The Kier molecular flexibility index (Phi) is 4.20. The van der Waals surface area contributed by atoms with Crippen LogP contribution in [0.1, 0.15) is 16.1 Å². The van der Waals surface area contributed by atoms with Crippen LogP contribution in [0.3, 0.4) is 0 Å². The Labute approximate surface area is 116 Å². The third-order valence-electron chi connectivity index (χ3n) is 2.90. The number of rotatable bonds is 5. The van der Waals surface area contributed by atoms with Gasteiger partial charge in [0.2, 0.25) is 5.56 Å². The Morgan fingerprint density at radius 2 is 2.25 bits per heavy atom. The molecular formula is C15H16N2O3. The number of hydrogen-bond donors (Lipinski definition) is 0. The van der Waals surface area contributed by atoms with Gasteiger partial charge in [-0.2, -0.15) is 0 Å². The molecule has 0 N–H and O–H groups in total. The van der Waals surface area contributed by atoms with Crippen LogP contribution < -0.4 is 5.56 Å². The summed E-state index contributed by atoms with van der Waals surface area (Å²) in [6, 6.07) is 6.50. The number of carbonyl (C=O) groups excluding carboxylic acids is 1. The van der Waals surface area contributed by atoms with Gasteiger partial charge in [0.05, 0.1) is 18.4 Å². The van der Waals surface area contributed by atoms with E-state index in [9.17, 15) is 9.59 Å². The number of nitrogens with zero attached hydrogens (tertiary/aromatic N) is 2. The Balaban J connectivity index is 2.23. The first-order valence-electron chi connectivity index (χ1n) is 6.21. The Hall–Kier alpha value is -2.56. The summed E-state index contributed by atoms with van der Waals surface area (Å²) in [5.74, 6) is 0.530. The van der Waals surface area contributed by atoms with Crippen molar-refractivity contribution in [2.75, 3.05) is 6.54 Å². The molecule has 2 aromatic rings. The molecule has 0 spiro atoms. The van der Waals surface area contributed by atoms with E-state index < -0.39 is 0 Å². The minimum Gasteiger partial charge on any atom is -0.467 e. The van der Waals surface area contributed by atoms with Crippen LogP contribution in [0, 0.1) is 0 Å². The summed E-state index contributed by atoms with van der Waals surface area (Å²) in [5, 5.41) is 0. The van der Waals surface area contributed by atoms with Gasteiger partial charge in [-0.1, -0.05) is 6.08 Å².